The topological polar surface area (TPSA) is 46.6 Å². The molecule has 0 aromatic heterocycles. The molecule has 2 aromatic carbocycles. The molecule has 7 heteroatoms. The van der Waals surface area contributed by atoms with Gasteiger partial charge in [-0.2, -0.15) is 13.2 Å². The predicted octanol–water partition coefficient (Wildman–Crippen LogP) is 3.98. The van der Waals surface area contributed by atoms with Crippen molar-refractivity contribution in [2.45, 2.75) is 19.7 Å². The molecule has 0 atom stereocenters. The third-order valence-electron chi connectivity index (χ3n) is 3.07. The second-order valence-corrected chi connectivity index (χ2v) is 4.92. The number of nitrogens with zero attached hydrogens (tertiary/aromatic N) is 1. The van der Waals surface area contributed by atoms with Gasteiger partial charge in [0.25, 0.3) is 0 Å². The first kappa shape index (κ1) is 17.5. The molecule has 4 nitrogen and oxygen atoms in total. The molecule has 126 valence electrons. The van der Waals surface area contributed by atoms with Gasteiger partial charge in [0.15, 0.2) is 0 Å². The van der Waals surface area contributed by atoms with Crippen molar-refractivity contribution in [3.05, 3.63) is 60.2 Å². The van der Waals surface area contributed by atoms with Crippen LogP contribution in [-0.2, 0) is 20.9 Å². The standard InChI is InChI=1S/C17H14F3NO3/c1-12(22)24-11-13-6-5-9-15(10-13)21(16(23)17(18,19)20)14-7-3-2-4-8-14/h2-10H,11H2,1H3. The monoisotopic (exact) mass is 337 g/mol. The lowest BCUT2D eigenvalue weighted by molar-refractivity contribution is -0.169. The molecule has 0 saturated carbocycles. The Bertz CT molecular complexity index is 729. The van der Waals surface area contributed by atoms with Gasteiger partial charge in [-0.3, -0.25) is 14.5 Å². The van der Waals surface area contributed by atoms with Crippen LogP contribution in [0.2, 0.25) is 0 Å². The molecule has 2 rings (SSSR count). The molecule has 0 radical (unpaired) electrons. The van der Waals surface area contributed by atoms with Crippen LogP contribution < -0.4 is 4.90 Å². The van der Waals surface area contributed by atoms with E-state index in [9.17, 15) is 22.8 Å². The van der Waals surface area contributed by atoms with E-state index in [-0.39, 0.29) is 18.0 Å². The summed E-state index contributed by atoms with van der Waals surface area (Å²) in [6.45, 7) is 1.14. The van der Waals surface area contributed by atoms with Gasteiger partial charge in [-0.25, -0.2) is 0 Å². The molecule has 24 heavy (non-hydrogen) atoms. The Morgan fingerprint density at radius 3 is 2.21 bits per heavy atom. The van der Waals surface area contributed by atoms with Gasteiger partial charge in [0.05, 0.1) is 0 Å². The molecule has 0 bridgehead atoms. The summed E-state index contributed by atoms with van der Waals surface area (Å²) in [5, 5.41) is 0. The number of anilines is 2. The van der Waals surface area contributed by atoms with E-state index >= 15 is 0 Å². The molecule has 0 aliphatic heterocycles. The van der Waals surface area contributed by atoms with Crippen LogP contribution in [0, 0.1) is 0 Å². The molecule has 1 amide bonds. The van der Waals surface area contributed by atoms with Gasteiger partial charge >= 0.3 is 18.1 Å². The number of alkyl halides is 3. The Morgan fingerprint density at radius 2 is 1.62 bits per heavy atom. The van der Waals surface area contributed by atoms with Gasteiger partial charge in [0, 0.05) is 18.3 Å². The highest BCUT2D eigenvalue weighted by Gasteiger charge is 2.43. The van der Waals surface area contributed by atoms with Crippen LogP contribution in [0.5, 0.6) is 0 Å². The highest BCUT2D eigenvalue weighted by atomic mass is 19.4. The third kappa shape index (κ3) is 4.34. The maximum Gasteiger partial charge on any atom is 0.472 e. The zero-order chi connectivity index (χ0) is 17.7. The molecule has 0 aliphatic rings. The molecule has 0 saturated heterocycles. The van der Waals surface area contributed by atoms with Crippen molar-refractivity contribution in [3.8, 4) is 0 Å². The van der Waals surface area contributed by atoms with E-state index < -0.39 is 18.1 Å². The number of rotatable bonds is 4. The number of carbonyl (C=O) groups is 2. The van der Waals surface area contributed by atoms with Crippen LogP contribution >= 0.6 is 0 Å². The SMILES string of the molecule is CC(=O)OCc1cccc(N(C(=O)C(F)(F)F)c2ccccc2)c1. The first-order valence-electron chi connectivity index (χ1n) is 6.97. The van der Waals surface area contributed by atoms with E-state index in [0.717, 1.165) is 0 Å². The molecule has 0 unspecified atom stereocenters. The lowest BCUT2D eigenvalue weighted by Gasteiger charge is -2.24. The van der Waals surface area contributed by atoms with Gasteiger partial charge in [-0.05, 0) is 29.8 Å². The summed E-state index contributed by atoms with van der Waals surface area (Å²) in [6, 6.07) is 13.4. The lowest BCUT2D eigenvalue weighted by atomic mass is 10.1. The summed E-state index contributed by atoms with van der Waals surface area (Å²) in [5.74, 6) is -2.51. The van der Waals surface area contributed by atoms with Crippen LogP contribution in [0.1, 0.15) is 12.5 Å². The fraction of sp³-hybridized carbons (Fsp3) is 0.176. The van der Waals surface area contributed by atoms with Crippen molar-refractivity contribution in [2.75, 3.05) is 4.90 Å². The Kier molecular flexibility index (Phi) is 5.23. The molecular weight excluding hydrogens is 323 g/mol. The molecule has 0 spiro atoms. The number of esters is 1. The predicted molar refractivity (Wildman–Crippen MR) is 81.6 cm³/mol. The minimum Gasteiger partial charge on any atom is -0.461 e. The Labute approximate surface area is 136 Å². The Balaban J connectivity index is 2.43. The van der Waals surface area contributed by atoms with E-state index in [1.807, 2.05) is 0 Å². The summed E-state index contributed by atoms with van der Waals surface area (Å²) in [7, 11) is 0. The summed E-state index contributed by atoms with van der Waals surface area (Å²) < 4.78 is 43.7. The normalized spacial score (nSPS) is 11.0. The zero-order valence-electron chi connectivity index (χ0n) is 12.7. The van der Waals surface area contributed by atoms with E-state index in [4.69, 9.17) is 4.74 Å². The number of benzene rings is 2. The summed E-state index contributed by atoms with van der Waals surface area (Å²) in [6.07, 6.45) is -5.03. The smallest absolute Gasteiger partial charge is 0.461 e. The van der Waals surface area contributed by atoms with Crippen LogP contribution in [0.4, 0.5) is 24.5 Å². The molecule has 0 N–H and O–H groups in total. The van der Waals surface area contributed by atoms with Crippen LogP contribution in [0.15, 0.2) is 54.6 Å². The maximum atomic E-state index is 13.0. The van der Waals surface area contributed by atoms with Crippen LogP contribution in [-0.4, -0.2) is 18.1 Å². The highest BCUT2D eigenvalue weighted by molar-refractivity contribution is 6.03. The largest absolute Gasteiger partial charge is 0.472 e. The number of halogens is 3. The van der Waals surface area contributed by atoms with Crippen molar-refractivity contribution in [2.24, 2.45) is 0 Å². The number of para-hydroxylation sites is 1. The Hall–Kier alpha value is -2.83. The van der Waals surface area contributed by atoms with E-state index in [0.29, 0.717) is 10.5 Å². The molecular formula is C17H14F3NO3. The van der Waals surface area contributed by atoms with E-state index in [1.165, 1.54) is 49.4 Å². The van der Waals surface area contributed by atoms with Gasteiger partial charge < -0.3 is 4.74 Å². The van der Waals surface area contributed by atoms with Crippen molar-refractivity contribution < 1.29 is 27.5 Å². The second-order valence-electron chi connectivity index (χ2n) is 4.92. The molecule has 2 aromatic rings. The third-order valence-corrected chi connectivity index (χ3v) is 3.07. The van der Waals surface area contributed by atoms with Crippen LogP contribution in [0.25, 0.3) is 0 Å². The lowest BCUT2D eigenvalue weighted by Crippen LogP contribution is -2.38. The number of hydrogen-bond donors (Lipinski definition) is 0. The first-order valence-corrected chi connectivity index (χ1v) is 6.97. The van der Waals surface area contributed by atoms with E-state index in [1.54, 1.807) is 12.1 Å². The molecule has 0 aliphatic carbocycles. The average molecular weight is 337 g/mol. The quantitative estimate of drug-likeness (QED) is 0.793. The fourth-order valence-corrected chi connectivity index (χ4v) is 2.06. The Morgan fingerprint density at radius 1 is 1.00 bits per heavy atom. The number of ether oxygens (including phenoxy) is 1. The van der Waals surface area contributed by atoms with E-state index in [2.05, 4.69) is 0 Å². The van der Waals surface area contributed by atoms with Gasteiger partial charge in [-0.15, -0.1) is 0 Å². The summed E-state index contributed by atoms with van der Waals surface area (Å²) in [4.78, 5) is 23.3. The van der Waals surface area contributed by atoms with Gasteiger partial charge in [0.2, 0.25) is 0 Å². The minimum absolute atomic E-state index is 0.0353. The van der Waals surface area contributed by atoms with Gasteiger partial charge in [-0.1, -0.05) is 30.3 Å². The molecule has 0 heterocycles. The second kappa shape index (κ2) is 7.16. The highest BCUT2D eigenvalue weighted by Crippen LogP contribution is 2.31. The van der Waals surface area contributed by atoms with Crippen molar-refractivity contribution in [3.63, 3.8) is 0 Å². The summed E-state index contributed by atoms with van der Waals surface area (Å²) >= 11 is 0. The maximum absolute atomic E-state index is 13.0. The fourth-order valence-electron chi connectivity index (χ4n) is 2.06. The average Bonchev–Trinajstić information content (AvgIpc) is 2.54. The first-order chi connectivity index (χ1) is 11.3. The number of carbonyl (C=O) groups excluding carboxylic acids is 2. The van der Waals surface area contributed by atoms with Crippen molar-refractivity contribution in [1.29, 1.82) is 0 Å². The molecule has 0 fully saturated rings. The van der Waals surface area contributed by atoms with Crippen molar-refractivity contribution >= 4 is 23.3 Å². The zero-order valence-corrected chi connectivity index (χ0v) is 12.7. The van der Waals surface area contributed by atoms with Crippen molar-refractivity contribution in [1.82, 2.24) is 0 Å². The number of amides is 1. The van der Waals surface area contributed by atoms with Crippen LogP contribution in [0.3, 0.4) is 0 Å². The number of hydrogen-bond acceptors (Lipinski definition) is 3. The van der Waals surface area contributed by atoms with Gasteiger partial charge in [0.1, 0.15) is 6.61 Å². The summed E-state index contributed by atoms with van der Waals surface area (Å²) in [5.41, 5.74) is 0.594. The minimum atomic E-state index is -5.03.